The van der Waals surface area contributed by atoms with E-state index in [1.165, 1.54) is 36.6 Å². The molecule has 0 saturated heterocycles. The van der Waals surface area contributed by atoms with E-state index in [0.29, 0.717) is 11.4 Å². The van der Waals surface area contributed by atoms with Crippen LogP contribution < -0.4 is 10.5 Å². The van der Waals surface area contributed by atoms with Crippen molar-refractivity contribution in [3.05, 3.63) is 60.2 Å². The lowest BCUT2D eigenvalue weighted by Crippen LogP contribution is -2.31. The van der Waals surface area contributed by atoms with Crippen LogP contribution in [0.3, 0.4) is 0 Å². The van der Waals surface area contributed by atoms with Crippen LogP contribution in [0.15, 0.2) is 63.7 Å². The van der Waals surface area contributed by atoms with Crippen LogP contribution >= 0.6 is 0 Å². The van der Waals surface area contributed by atoms with Crippen LogP contribution in [0.1, 0.15) is 5.76 Å². The molecule has 3 N–H and O–H groups in total. The highest BCUT2D eigenvalue weighted by atomic mass is 32.2. The highest BCUT2D eigenvalue weighted by molar-refractivity contribution is 7.89. The van der Waals surface area contributed by atoms with Gasteiger partial charge in [0.25, 0.3) is 11.8 Å². The second kappa shape index (κ2) is 5.95. The first-order valence-corrected chi connectivity index (χ1v) is 8.39. The molecule has 2 aromatic rings. The van der Waals surface area contributed by atoms with Gasteiger partial charge in [-0.05, 0) is 36.4 Å². The van der Waals surface area contributed by atoms with Crippen molar-refractivity contribution in [2.75, 3.05) is 5.32 Å². The lowest BCUT2D eigenvalue weighted by Gasteiger charge is -2.13. The predicted molar refractivity (Wildman–Crippen MR) is 83.8 cm³/mol. The fraction of sp³-hybridized carbons (Fsp3) is 0.0667. The molecule has 0 atom stereocenters. The molecule has 2 heterocycles. The van der Waals surface area contributed by atoms with Gasteiger partial charge >= 0.3 is 0 Å². The van der Waals surface area contributed by atoms with Gasteiger partial charge in [0.2, 0.25) is 10.0 Å². The van der Waals surface area contributed by atoms with Crippen molar-refractivity contribution >= 4 is 27.5 Å². The number of carbonyl (C=O) groups excluding carboxylic acids is 2. The smallest absolute Gasteiger partial charge is 0.277 e. The second-order valence-electron chi connectivity index (χ2n) is 5.06. The third-order valence-electron chi connectivity index (χ3n) is 3.37. The van der Waals surface area contributed by atoms with Crippen LogP contribution in [-0.4, -0.2) is 25.1 Å². The van der Waals surface area contributed by atoms with Gasteiger partial charge in [-0.3, -0.25) is 14.5 Å². The molecule has 1 aliphatic heterocycles. The first kappa shape index (κ1) is 16.0. The molecule has 0 aliphatic carbocycles. The SMILES string of the molecule is NS(=O)(=O)c1ccc(NC2=CC(=O)N(Cc3ccco3)C2=O)cc1. The number of furan rings is 1. The van der Waals surface area contributed by atoms with E-state index >= 15 is 0 Å². The number of primary sulfonamides is 1. The Kier molecular flexibility index (Phi) is 3.96. The van der Waals surface area contributed by atoms with E-state index in [0.717, 1.165) is 4.90 Å². The summed E-state index contributed by atoms with van der Waals surface area (Å²) in [7, 11) is -3.79. The Bertz CT molecular complexity index is 915. The Hall–Kier alpha value is -2.91. The number of hydrogen-bond acceptors (Lipinski definition) is 6. The molecule has 0 saturated carbocycles. The molecule has 3 rings (SSSR count). The number of hydrogen-bond donors (Lipinski definition) is 2. The van der Waals surface area contributed by atoms with Gasteiger partial charge in [0.1, 0.15) is 11.5 Å². The molecule has 0 bridgehead atoms. The normalized spacial score (nSPS) is 14.9. The number of carbonyl (C=O) groups is 2. The van der Waals surface area contributed by atoms with Crippen LogP contribution in [0, 0.1) is 0 Å². The molecule has 8 nitrogen and oxygen atoms in total. The number of benzene rings is 1. The average Bonchev–Trinajstić information content (AvgIpc) is 3.12. The van der Waals surface area contributed by atoms with Crippen LogP contribution in [0.2, 0.25) is 0 Å². The van der Waals surface area contributed by atoms with Crippen LogP contribution in [0.25, 0.3) is 0 Å². The van der Waals surface area contributed by atoms with Crippen molar-refractivity contribution in [3.8, 4) is 0 Å². The summed E-state index contributed by atoms with van der Waals surface area (Å²) < 4.78 is 27.6. The monoisotopic (exact) mass is 347 g/mol. The third kappa shape index (κ3) is 3.21. The van der Waals surface area contributed by atoms with Crippen molar-refractivity contribution in [3.63, 3.8) is 0 Å². The maximum absolute atomic E-state index is 12.3. The summed E-state index contributed by atoms with van der Waals surface area (Å²) in [6, 6.07) is 8.85. The first-order chi connectivity index (χ1) is 11.3. The molecule has 124 valence electrons. The molecule has 1 aromatic carbocycles. The second-order valence-corrected chi connectivity index (χ2v) is 6.62. The van der Waals surface area contributed by atoms with E-state index in [4.69, 9.17) is 9.56 Å². The fourth-order valence-electron chi connectivity index (χ4n) is 2.19. The lowest BCUT2D eigenvalue weighted by atomic mass is 10.3. The van der Waals surface area contributed by atoms with Gasteiger partial charge in [-0.15, -0.1) is 0 Å². The van der Waals surface area contributed by atoms with Gasteiger partial charge < -0.3 is 9.73 Å². The van der Waals surface area contributed by atoms with E-state index in [-0.39, 0.29) is 17.1 Å². The molecule has 9 heteroatoms. The van der Waals surface area contributed by atoms with Crippen molar-refractivity contribution in [2.45, 2.75) is 11.4 Å². The zero-order valence-corrected chi connectivity index (χ0v) is 13.1. The van der Waals surface area contributed by atoms with Gasteiger partial charge in [0.15, 0.2) is 0 Å². The molecule has 1 aromatic heterocycles. The lowest BCUT2D eigenvalue weighted by molar-refractivity contribution is -0.138. The molecular weight excluding hydrogens is 334 g/mol. The summed E-state index contributed by atoms with van der Waals surface area (Å²) in [4.78, 5) is 25.2. The van der Waals surface area contributed by atoms with E-state index in [1.54, 1.807) is 12.1 Å². The number of nitrogens with two attached hydrogens (primary N) is 1. The molecule has 1 aliphatic rings. The van der Waals surface area contributed by atoms with Gasteiger partial charge in [0.05, 0.1) is 17.7 Å². The number of amides is 2. The molecule has 0 unspecified atom stereocenters. The van der Waals surface area contributed by atoms with Crippen LogP contribution in [0.5, 0.6) is 0 Å². The molecule has 0 spiro atoms. The Balaban J connectivity index is 1.73. The number of nitrogens with zero attached hydrogens (tertiary/aromatic N) is 1. The molecule has 2 amide bonds. The third-order valence-corrected chi connectivity index (χ3v) is 4.29. The number of nitrogens with one attached hydrogen (secondary N) is 1. The van der Waals surface area contributed by atoms with Gasteiger partial charge in [-0.2, -0.15) is 0 Å². The highest BCUT2D eigenvalue weighted by Crippen LogP contribution is 2.20. The molecular formula is C15H13N3O5S. The van der Waals surface area contributed by atoms with Crippen molar-refractivity contribution in [1.82, 2.24) is 4.90 Å². The quantitative estimate of drug-likeness (QED) is 0.771. The Morgan fingerprint density at radius 1 is 1.12 bits per heavy atom. The molecule has 24 heavy (non-hydrogen) atoms. The zero-order valence-electron chi connectivity index (χ0n) is 12.3. The van der Waals surface area contributed by atoms with Crippen LogP contribution in [-0.2, 0) is 26.2 Å². The van der Waals surface area contributed by atoms with Crippen molar-refractivity contribution in [1.29, 1.82) is 0 Å². The Morgan fingerprint density at radius 3 is 2.42 bits per heavy atom. The minimum atomic E-state index is -3.79. The zero-order chi connectivity index (χ0) is 17.3. The first-order valence-electron chi connectivity index (χ1n) is 6.84. The summed E-state index contributed by atoms with van der Waals surface area (Å²) in [5, 5.41) is 7.81. The van der Waals surface area contributed by atoms with E-state index in [2.05, 4.69) is 5.32 Å². The maximum Gasteiger partial charge on any atom is 0.277 e. The number of imide groups is 1. The summed E-state index contributed by atoms with van der Waals surface area (Å²) >= 11 is 0. The largest absolute Gasteiger partial charge is 0.467 e. The maximum atomic E-state index is 12.3. The Labute approximate surface area is 137 Å². The fourth-order valence-corrected chi connectivity index (χ4v) is 2.71. The van der Waals surface area contributed by atoms with Gasteiger partial charge in [0, 0.05) is 11.8 Å². The number of sulfonamides is 1. The highest BCUT2D eigenvalue weighted by Gasteiger charge is 2.31. The topological polar surface area (TPSA) is 123 Å². The van der Waals surface area contributed by atoms with Crippen LogP contribution in [0.4, 0.5) is 5.69 Å². The van der Waals surface area contributed by atoms with Gasteiger partial charge in [-0.25, -0.2) is 13.6 Å². The standard InChI is InChI=1S/C15H13N3O5S/c16-24(21,22)12-5-3-10(4-6-12)17-13-8-14(19)18(15(13)20)9-11-2-1-7-23-11/h1-8,17H,9H2,(H2,16,21,22). The summed E-state index contributed by atoms with van der Waals surface area (Å²) in [5.41, 5.74) is 0.546. The number of anilines is 1. The van der Waals surface area contributed by atoms with E-state index < -0.39 is 21.8 Å². The molecule has 0 fully saturated rings. The van der Waals surface area contributed by atoms with Crippen molar-refractivity contribution < 1.29 is 22.4 Å². The predicted octanol–water partition coefficient (Wildman–Crippen LogP) is 0.792. The average molecular weight is 347 g/mol. The minimum absolute atomic E-state index is 0.0384. The summed E-state index contributed by atoms with van der Waals surface area (Å²) in [6.07, 6.45) is 2.64. The van der Waals surface area contributed by atoms with Crippen molar-refractivity contribution in [2.24, 2.45) is 5.14 Å². The summed E-state index contributed by atoms with van der Waals surface area (Å²) in [5.74, 6) is -0.462. The Morgan fingerprint density at radius 2 is 1.83 bits per heavy atom. The minimum Gasteiger partial charge on any atom is -0.467 e. The van der Waals surface area contributed by atoms with Gasteiger partial charge in [-0.1, -0.05) is 0 Å². The molecule has 0 radical (unpaired) electrons. The van der Waals surface area contributed by atoms with E-state index in [9.17, 15) is 18.0 Å². The summed E-state index contributed by atoms with van der Waals surface area (Å²) in [6.45, 7) is 0.0384. The van der Waals surface area contributed by atoms with E-state index in [1.807, 2.05) is 0 Å². The number of rotatable bonds is 5.